The van der Waals surface area contributed by atoms with Gasteiger partial charge in [0, 0.05) is 58.5 Å². The number of methoxy groups -OCH3 is 2. The fourth-order valence-corrected chi connectivity index (χ4v) is 3.87. The largest absolute Gasteiger partial charge is 0.383 e. The number of hydrogen-bond donors (Lipinski definition) is 0. The fraction of sp³-hybridized carbons (Fsp3) is 0.545. The summed E-state index contributed by atoms with van der Waals surface area (Å²) in [4.78, 5) is 32.3. The summed E-state index contributed by atoms with van der Waals surface area (Å²) < 4.78 is 15.9. The van der Waals surface area contributed by atoms with Gasteiger partial charge in [-0.3, -0.25) is 19.4 Å². The summed E-state index contributed by atoms with van der Waals surface area (Å²) in [5.74, 6) is -0.564. The highest BCUT2D eigenvalue weighted by Crippen LogP contribution is 2.32. The number of nitrogens with zero attached hydrogens (tertiary/aromatic N) is 3. The Morgan fingerprint density at radius 3 is 2.16 bits per heavy atom. The Bertz CT molecular complexity index is 785. The number of morpholine rings is 1. The van der Waals surface area contributed by atoms with Crippen molar-refractivity contribution in [1.29, 1.82) is 0 Å². The molecule has 170 valence electrons. The van der Waals surface area contributed by atoms with Crippen LogP contribution in [-0.2, 0) is 23.8 Å². The van der Waals surface area contributed by atoms with Crippen molar-refractivity contribution in [1.82, 2.24) is 14.7 Å². The van der Waals surface area contributed by atoms with Gasteiger partial charge in [-0.2, -0.15) is 0 Å². The molecule has 1 aromatic rings. The van der Waals surface area contributed by atoms with Gasteiger partial charge < -0.3 is 19.1 Å². The lowest BCUT2D eigenvalue weighted by molar-refractivity contribution is -0.138. The molecule has 2 aliphatic rings. The molecule has 1 aromatic carbocycles. The first kappa shape index (κ1) is 23.7. The average molecular weight is 452 g/mol. The highest BCUT2D eigenvalue weighted by Gasteiger charge is 2.41. The molecule has 0 radical (unpaired) electrons. The molecule has 31 heavy (non-hydrogen) atoms. The zero-order chi connectivity index (χ0) is 22.2. The van der Waals surface area contributed by atoms with Gasteiger partial charge in [-0.25, -0.2) is 0 Å². The number of imide groups is 1. The predicted octanol–water partition coefficient (Wildman–Crippen LogP) is 1.35. The molecule has 2 aliphatic heterocycles. The second kappa shape index (κ2) is 11.6. The summed E-state index contributed by atoms with van der Waals surface area (Å²) in [5.41, 5.74) is 1.46. The Morgan fingerprint density at radius 2 is 1.58 bits per heavy atom. The van der Waals surface area contributed by atoms with Crippen LogP contribution in [0.5, 0.6) is 0 Å². The van der Waals surface area contributed by atoms with E-state index in [1.165, 1.54) is 4.90 Å². The smallest absolute Gasteiger partial charge is 0.277 e. The van der Waals surface area contributed by atoms with Gasteiger partial charge in [-0.15, -0.1) is 0 Å². The van der Waals surface area contributed by atoms with E-state index in [0.717, 1.165) is 13.1 Å². The highest BCUT2D eigenvalue weighted by atomic mass is 35.5. The van der Waals surface area contributed by atoms with Crippen LogP contribution < -0.4 is 0 Å². The molecule has 8 nitrogen and oxygen atoms in total. The minimum Gasteiger partial charge on any atom is -0.383 e. The van der Waals surface area contributed by atoms with Crippen LogP contribution in [0.1, 0.15) is 5.56 Å². The Morgan fingerprint density at radius 1 is 0.968 bits per heavy atom. The van der Waals surface area contributed by atoms with Crippen LogP contribution >= 0.6 is 11.6 Å². The van der Waals surface area contributed by atoms with Gasteiger partial charge in [0.2, 0.25) is 0 Å². The van der Waals surface area contributed by atoms with Gasteiger partial charge in [-0.05, 0) is 17.7 Å². The quantitative estimate of drug-likeness (QED) is 0.470. The van der Waals surface area contributed by atoms with E-state index in [2.05, 4.69) is 4.90 Å². The highest BCUT2D eigenvalue weighted by molar-refractivity contribution is 6.36. The van der Waals surface area contributed by atoms with E-state index < -0.39 is 0 Å². The van der Waals surface area contributed by atoms with Crippen molar-refractivity contribution in [2.45, 2.75) is 0 Å². The average Bonchev–Trinajstić information content (AvgIpc) is 3.03. The van der Waals surface area contributed by atoms with E-state index >= 15 is 0 Å². The lowest BCUT2D eigenvalue weighted by Crippen LogP contribution is -2.44. The van der Waals surface area contributed by atoms with Gasteiger partial charge in [-0.1, -0.05) is 23.7 Å². The predicted molar refractivity (Wildman–Crippen MR) is 118 cm³/mol. The molecule has 0 spiro atoms. The molecule has 2 amide bonds. The summed E-state index contributed by atoms with van der Waals surface area (Å²) in [5, 5.41) is 0.572. The number of benzene rings is 1. The zero-order valence-electron chi connectivity index (χ0n) is 18.1. The van der Waals surface area contributed by atoms with E-state index in [1.54, 1.807) is 38.5 Å². The number of amides is 2. The minimum atomic E-state index is -0.282. The number of halogens is 1. The second-order valence-electron chi connectivity index (χ2n) is 7.42. The van der Waals surface area contributed by atoms with Crippen LogP contribution in [0.15, 0.2) is 30.0 Å². The molecular formula is C22H30ClN3O5. The van der Waals surface area contributed by atoms with Crippen molar-refractivity contribution in [3.05, 3.63) is 40.5 Å². The van der Waals surface area contributed by atoms with Gasteiger partial charge in [0.05, 0.1) is 32.0 Å². The molecule has 0 aromatic heterocycles. The zero-order valence-corrected chi connectivity index (χ0v) is 18.9. The molecule has 0 N–H and O–H groups in total. The SMILES string of the molecule is COCCN(CCOC)C1=C(c2ccc(Cl)cc2)C(=O)N(CCN2CCOCC2)C1=O. The number of ether oxygens (including phenoxy) is 3. The van der Waals surface area contributed by atoms with E-state index in [-0.39, 0.29) is 11.8 Å². The number of rotatable bonds is 11. The maximum Gasteiger partial charge on any atom is 0.277 e. The van der Waals surface area contributed by atoms with Crippen LogP contribution in [0, 0.1) is 0 Å². The first-order valence-corrected chi connectivity index (χ1v) is 10.8. The molecule has 0 bridgehead atoms. The molecule has 0 aliphatic carbocycles. The van der Waals surface area contributed by atoms with Crippen molar-refractivity contribution in [2.75, 3.05) is 79.9 Å². The molecular weight excluding hydrogens is 422 g/mol. The molecule has 0 saturated carbocycles. The van der Waals surface area contributed by atoms with Crippen molar-refractivity contribution in [2.24, 2.45) is 0 Å². The van der Waals surface area contributed by atoms with E-state index in [4.69, 9.17) is 25.8 Å². The second-order valence-corrected chi connectivity index (χ2v) is 7.86. The molecule has 9 heteroatoms. The van der Waals surface area contributed by atoms with E-state index in [9.17, 15) is 9.59 Å². The fourth-order valence-electron chi connectivity index (χ4n) is 3.74. The summed E-state index contributed by atoms with van der Waals surface area (Å²) in [6, 6.07) is 7.01. The minimum absolute atomic E-state index is 0.282. The first-order valence-electron chi connectivity index (χ1n) is 10.5. The van der Waals surface area contributed by atoms with Gasteiger partial charge in [0.15, 0.2) is 0 Å². The Labute approximate surface area is 188 Å². The van der Waals surface area contributed by atoms with Crippen LogP contribution in [-0.4, -0.2) is 106 Å². The van der Waals surface area contributed by atoms with Gasteiger partial charge in [0.1, 0.15) is 5.70 Å². The molecule has 2 heterocycles. The monoisotopic (exact) mass is 451 g/mol. The Hall–Kier alpha value is -1.97. The van der Waals surface area contributed by atoms with Crippen molar-refractivity contribution in [3.63, 3.8) is 0 Å². The van der Waals surface area contributed by atoms with Crippen LogP contribution in [0.4, 0.5) is 0 Å². The Kier molecular flexibility index (Phi) is 8.86. The van der Waals surface area contributed by atoms with Crippen molar-refractivity contribution in [3.8, 4) is 0 Å². The van der Waals surface area contributed by atoms with Gasteiger partial charge in [0.25, 0.3) is 11.8 Å². The van der Waals surface area contributed by atoms with E-state index in [1.807, 2.05) is 4.90 Å². The standard InChI is InChI=1S/C22H30ClN3O5/c1-29-13-11-25(12-14-30-2)20-19(17-3-5-18(23)6-4-17)21(27)26(22(20)28)8-7-24-9-15-31-16-10-24/h3-6H,7-16H2,1-2H3. The van der Waals surface area contributed by atoms with Crippen LogP contribution in [0.3, 0.4) is 0 Å². The molecule has 1 fully saturated rings. The van der Waals surface area contributed by atoms with Crippen LogP contribution in [0.25, 0.3) is 5.57 Å². The van der Waals surface area contributed by atoms with E-state index in [0.29, 0.717) is 74.5 Å². The number of carbonyl (C=O) groups excluding carboxylic acids is 2. The first-order chi connectivity index (χ1) is 15.1. The summed E-state index contributed by atoms with van der Waals surface area (Å²) in [6.45, 7) is 5.70. The third-order valence-corrected chi connectivity index (χ3v) is 5.72. The summed E-state index contributed by atoms with van der Waals surface area (Å²) in [6.07, 6.45) is 0. The lowest BCUT2D eigenvalue weighted by Gasteiger charge is -2.28. The summed E-state index contributed by atoms with van der Waals surface area (Å²) in [7, 11) is 3.22. The van der Waals surface area contributed by atoms with Crippen molar-refractivity contribution < 1.29 is 23.8 Å². The lowest BCUT2D eigenvalue weighted by atomic mass is 10.0. The topological polar surface area (TPSA) is 71.6 Å². The normalized spacial score (nSPS) is 17.7. The van der Waals surface area contributed by atoms with Gasteiger partial charge >= 0.3 is 0 Å². The molecule has 3 rings (SSSR count). The Balaban J connectivity index is 1.90. The maximum absolute atomic E-state index is 13.5. The molecule has 0 unspecified atom stereocenters. The third kappa shape index (κ3) is 5.84. The summed E-state index contributed by atoms with van der Waals surface area (Å²) >= 11 is 6.05. The number of carbonyl (C=O) groups is 2. The number of hydrogen-bond acceptors (Lipinski definition) is 7. The van der Waals surface area contributed by atoms with Crippen LogP contribution in [0.2, 0.25) is 5.02 Å². The third-order valence-electron chi connectivity index (χ3n) is 5.47. The molecule has 0 atom stereocenters. The van der Waals surface area contributed by atoms with Crippen molar-refractivity contribution >= 4 is 29.0 Å². The maximum atomic E-state index is 13.5. The molecule has 1 saturated heterocycles.